The molecule has 1 amide bonds. The summed E-state index contributed by atoms with van der Waals surface area (Å²) in [4.78, 5) is 18.9. The number of ether oxygens (including phenoxy) is 1. The monoisotopic (exact) mass is 504 g/mol. The molecule has 1 aliphatic heterocycles. The minimum atomic E-state index is -0.561. The first-order valence-corrected chi connectivity index (χ1v) is 13.4. The molecule has 0 saturated heterocycles. The molecule has 5 nitrogen and oxygen atoms in total. The zero-order chi connectivity index (χ0) is 25.5. The molecule has 1 aromatic heterocycles. The first-order chi connectivity index (χ1) is 17.4. The van der Waals surface area contributed by atoms with Crippen molar-refractivity contribution < 1.29 is 14.6 Å². The fourth-order valence-corrected chi connectivity index (χ4v) is 5.85. The van der Waals surface area contributed by atoms with Crippen molar-refractivity contribution in [2.75, 3.05) is 32.8 Å². The molecule has 6 heteroatoms. The van der Waals surface area contributed by atoms with Gasteiger partial charge in [-0.1, -0.05) is 54.1 Å². The van der Waals surface area contributed by atoms with E-state index in [0.29, 0.717) is 32.7 Å². The molecule has 0 radical (unpaired) electrons. The third-order valence-corrected chi connectivity index (χ3v) is 7.67. The van der Waals surface area contributed by atoms with Gasteiger partial charge < -0.3 is 14.7 Å². The maximum atomic E-state index is 13.6. The largest absolute Gasteiger partial charge is 0.491 e. The summed E-state index contributed by atoms with van der Waals surface area (Å²) in [7, 11) is 0. The molecule has 0 bridgehead atoms. The summed E-state index contributed by atoms with van der Waals surface area (Å²) < 4.78 is 6.26. The number of rotatable bonds is 11. The van der Waals surface area contributed by atoms with Gasteiger partial charge in [-0.05, 0) is 60.9 Å². The van der Waals surface area contributed by atoms with E-state index in [1.54, 1.807) is 17.4 Å². The summed E-state index contributed by atoms with van der Waals surface area (Å²) >= 11 is 1.75. The highest BCUT2D eigenvalue weighted by Gasteiger charge is 2.33. The maximum absolute atomic E-state index is 13.6. The van der Waals surface area contributed by atoms with Crippen molar-refractivity contribution in [1.82, 2.24) is 9.80 Å². The van der Waals surface area contributed by atoms with E-state index in [9.17, 15) is 9.90 Å². The molecular weight excluding hydrogens is 468 g/mol. The van der Waals surface area contributed by atoms with Crippen molar-refractivity contribution in [3.8, 4) is 5.75 Å². The van der Waals surface area contributed by atoms with Crippen molar-refractivity contribution in [2.45, 2.75) is 38.8 Å². The van der Waals surface area contributed by atoms with Crippen LogP contribution in [0, 0.1) is 13.8 Å². The highest BCUT2D eigenvalue weighted by atomic mass is 32.1. The van der Waals surface area contributed by atoms with Crippen LogP contribution < -0.4 is 4.74 Å². The Bertz CT molecular complexity index is 1160. The molecule has 2 heterocycles. The lowest BCUT2D eigenvalue weighted by Crippen LogP contribution is -2.48. The van der Waals surface area contributed by atoms with E-state index in [-0.39, 0.29) is 18.5 Å². The third kappa shape index (κ3) is 6.64. The lowest BCUT2D eigenvalue weighted by molar-refractivity contribution is -0.136. The molecule has 0 saturated carbocycles. The molecule has 0 fully saturated rings. The zero-order valence-corrected chi connectivity index (χ0v) is 22.0. The summed E-state index contributed by atoms with van der Waals surface area (Å²) in [6.07, 6.45) is 2.64. The van der Waals surface area contributed by atoms with Crippen molar-refractivity contribution in [3.05, 3.63) is 99.8 Å². The van der Waals surface area contributed by atoms with Gasteiger partial charge >= 0.3 is 0 Å². The molecule has 0 unspecified atom stereocenters. The molecule has 2 aromatic carbocycles. The molecular formula is C30H36N2O3S. The number of carbonyl (C=O) groups excluding carboxylic acids is 1. The molecule has 36 heavy (non-hydrogen) atoms. The lowest BCUT2D eigenvalue weighted by Gasteiger charge is -2.37. The molecule has 3 aromatic rings. The summed E-state index contributed by atoms with van der Waals surface area (Å²) in [5.74, 6) is 0.905. The Hall–Kier alpha value is -2.93. The quantitative estimate of drug-likeness (QED) is 0.375. The van der Waals surface area contributed by atoms with E-state index in [4.69, 9.17) is 4.74 Å². The Kier molecular flexibility index (Phi) is 8.97. The second-order valence-electron chi connectivity index (χ2n) is 9.56. The topological polar surface area (TPSA) is 53.0 Å². The molecule has 190 valence electrons. The van der Waals surface area contributed by atoms with E-state index in [0.717, 1.165) is 23.3 Å². The number of nitrogens with zero attached hydrogens (tertiary/aromatic N) is 2. The van der Waals surface area contributed by atoms with Gasteiger partial charge in [0.05, 0.1) is 18.7 Å². The van der Waals surface area contributed by atoms with E-state index < -0.39 is 6.10 Å². The fraction of sp³-hybridized carbons (Fsp3) is 0.367. The van der Waals surface area contributed by atoms with Gasteiger partial charge in [-0.2, -0.15) is 0 Å². The van der Waals surface area contributed by atoms with Crippen LogP contribution in [0.2, 0.25) is 0 Å². The number of carbonyl (C=O) groups is 1. The normalized spacial score (nSPS) is 16.0. The molecule has 2 atom stereocenters. The standard InChI is InChI=1S/C30H36N2O3S/c1-4-14-31(19-25(33)18-24-8-6-5-7-9-24)20-30(34)32-15-12-29-26(13-16-36-29)27(32)21-35-28-11-10-22(2)17-23(28)3/h4-11,13,16-17,25,27,33H,1,12,14-15,18-21H2,2-3H3/t25-,27-/m1/s1. The molecule has 1 aliphatic rings. The van der Waals surface area contributed by atoms with Gasteiger partial charge in [-0.3, -0.25) is 9.69 Å². The number of aliphatic hydroxyl groups excluding tert-OH is 1. The van der Waals surface area contributed by atoms with Crippen LogP contribution in [0.25, 0.3) is 0 Å². The minimum absolute atomic E-state index is 0.0508. The van der Waals surface area contributed by atoms with E-state index in [1.807, 2.05) is 46.2 Å². The average Bonchev–Trinajstić information content (AvgIpc) is 3.33. The predicted molar refractivity (Wildman–Crippen MR) is 147 cm³/mol. The minimum Gasteiger partial charge on any atom is -0.491 e. The third-order valence-electron chi connectivity index (χ3n) is 6.67. The van der Waals surface area contributed by atoms with Gasteiger partial charge in [0.15, 0.2) is 0 Å². The molecule has 0 spiro atoms. The van der Waals surface area contributed by atoms with Crippen LogP contribution in [0.3, 0.4) is 0 Å². The predicted octanol–water partition coefficient (Wildman–Crippen LogP) is 4.96. The average molecular weight is 505 g/mol. The number of hydrogen-bond donors (Lipinski definition) is 1. The summed E-state index contributed by atoms with van der Waals surface area (Å²) in [5.41, 5.74) is 4.56. The Morgan fingerprint density at radius 3 is 2.81 bits per heavy atom. The second-order valence-corrected chi connectivity index (χ2v) is 10.6. The van der Waals surface area contributed by atoms with Crippen molar-refractivity contribution >= 4 is 17.2 Å². The Morgan fingerprint density at radius 1 is 1.25 bits per heavy atom. The van der Waals surface area contributed by atoms with Gasteiger partial charge in [0.1, 0.15) is 12.4 Å². The number of fused-ring (bicyclic) bond motifs is 1. The molecule has 1 N–H and O–H groups in total. The number of benzene rings is 2. The number of aryl methyl sites for hydroxylation is 2. The second kappa shape index (κ2) is 12.3. The van der Waals surface area contributed by atoms with Crippen LogP contribution in [-0.2, 0) is 17.6 Å². The Morgan fingerprint density at radius 2 is 2.06 bits per heavy atom. The summed E-state index contributed by atoms with van der Waals surface area (Å²) in [6, 6.07) is 18.1. The zero-order valence-electron chi connectivity index (χ0n) is 21.2. The molecule has 0 aliphatic carbocycles. The number of amides is 1. The smallest absolute Gasteiger partial charge is 0.237 e. The van der Waals surface area contributed by atoms with Gasteiger partial charge in [-0.15, -0.1) is 17.9 Å². The SMILES string of the molecule is C=CCN(CC(=O)N1CCc2sccc2[C@H]1COc1ccc(C)cc1C)C[C@H](O)Cc1ccccc1. The van der Waals surface area contributed by atoms with E-state index in [2.05, 4.69) is 44.0 Å². The number of thiophene rings is 1. The highest BCUT2D eigenvalue weighted by Crippen LogP contribution is 2.34. The van der Waals surface area contributed by atoms with E-state index in [1.165, 1.54) is 16.0 Å². The van der Waals surface area contributed by atoms with Crippen LogP contribution in [0.5, 0.6) is 5.75 Å². The highest BCUT2D eigenvalue weighted by molar-refractivity contribution is 7.10. The van der Waals surface area contributed by atoms with Crippen LogP contribution in [-0.4, -0.2) is 59.7 Å². The first-order valence-electron chi connectivity index (χ1n) is 12.6. The van der Waals surface area contributed by atoms with Crippen LogP contribution in [0.4, 0.5) is 0 Å². The van der Waals surface area contributed by atoms with E-state index >= 15 is 0 Å². The Balaban J connectivity index is 1.44. The van der Waals surface area contributed by atoms with Crippen molar-refractivity contribution in [1.29, 1.82) is 0 Å². The van der Waals surface area contributed by atoms with Crippen LogP contribution in [0.1, 0.15) is 33.2 Å². The van der Waals surface area contributed by atoms with Gasteiger partial charge in [0.25, 0.3) is 0 Å². The van der Waals surface area contributed by atoms with Gasteiger partial charge in [0, 0.05) is 24.5 Å². The first kappa shape index (κ1) is 26.1. The maximum Gasteiger partial charge on any atom is 0.237 e. The van der Waals surface area contributed by atoms with Crippen LogP contribution in [0.15, 0.2) is 72.6 Å². The number of aliphatic hydroxyl groups is 1. The van der Waals surface area contributed by atoms with Crippen molar-refractivity contribution in [3.63, 3.8) is 0 Å². The Labute approximate surface area is 218 Å². The van der Waals surface area contributed by atoms with Crippen molar-refractivity contribution in [2.24, 2.45) is 0 Å². The van der Waals surface area contributed by atoms with Gasteiger partial charge in [0.2, 0.25) is 5.91 Å². The van der Waals surface area contributed by atoms with Gasteiger partial charge in [-0.25, -0.2) is 0 Å². The fourth-order valence-electron chi connectivity index (χ4n) is 4.92. The summed E-state index contributed by atoms with van der Waals surface area (Å²) in [6.45, 7) is 10.2. The lowest BCUT2D eigenvalue weighted by atomic mass is 10.00. The molecule has 4 rings (SSSR count). The number of hydrogen-bond acceptors (Lipinski definition) is 5. The van der Waals surface area contributed by atoms with Crippen LogP contribution >= 0.6 is 11.3 Å². The summed E-state index contributed by atoms with van der Waals surface area (Å²) in [5, 5.41) is 12.8.